The molecule has 0 radical (unpaired) electrons. The van der Waals surface area contributed by atoms with Crippen molar-refractivity contribution in [3.05, 3.63) is 56.8 Å². The van der Waals surface area contributed by atoms with Crippen LogP contribution < -0.4 is 0 Å². The minimum Gasteiger partial charge on any atom is -0.258 e. The van der Waals surface area contributed by atoms with Gasteiger partial charge in [-0.15, -0.1) is 0 Å². The molecule has 4 rings (SSSR count). The van der Waals surface area contributed by atoms with Crippen molar-refractivity contribution in [3.63, 3.8) is 0 Å². The first kappa shape index (κ1) is 16.8. The van der Waals surface area contributed by atoms with Gasteiger partial charge < -0.3 is 0 Å². The molecular formula is C17H12BrClF3N3. The summed E-state index contributed by atoms with van der Waals surface area (Å²) >= 11 is 9.61. The van der Waals surface area contributed by atoms with Crippen LogP contribution >= 0.6 is 27.5 Å². The summed E-state index contributed by atoms with van der Waals surface area (Å²) in [6.45, 7) is 0.177. The Labute approximate surface area is 154 Å². The molecule has 0 spiro atoms. The number of hydrogen-bond acceptors (Lipinski definition) is 2. The van der Waals surface area contributed by atoms with Crippen molar-refractivity contribution < 1.29 is 13.2 Å². The highest BCUT2D eigenvalue weighted by atomic mass is 79.9. The smallest absolute Gasteiger partial charge is 0.258 e. The second-order valence-corrected chi connectivity index (χ2v) is 7.43. The number of rotatable bonds is 3. The van der Waals surface area contributed by atoms with E-state index >= 15 is 0 Å². The lowest BCUT2D eigenvalue weighted by Gasteiger charge is -2.12. The normalized spacial score (nSPS) is 15.1. The van der Waals surface area contributed by atoms with E-state index in [4.69, 9.17) is 11.6 Å². The van der Waals surface area contributed by atoms with Crippen molar-refractivity contribution in [1.82, 2.24) is 14.8 Å². The van der Waals surface area contributed by atoms with E-state index in [1.54, 1.807) is 12.1 Å². The number of fused-ring (bicyclic) bond motifs is 1. The summed E-state index contributed by atoms with van der Waals surface area (Å²) in [5.74, 6) is 0.433. The summed E-state index contributed by atoms with van der Waals surface area (Å²) in [5, 5.41) is 4.35. The highest BCUT2D eigenvalue weighted by Gasteiger charge is 2.38. The van der Waals surface area contributed by atoms with Crippen LogP contribution in [0.15, 0.2) is 34.9 Å². The Balaban J connectivity index is 1.87. The van der Waals surface area contributed by atoms with Gasteiger partial charge in [-0.25, -0.2) is 0 Å². The van der Waals surface area contributed by atoms with Gasteiger partial charge in [0.15, 0.2) is 5.69 Å². The minimum atomic E-state index is -4.57. The first-order valence-corrected chi connectivity index (χ1v) is 8.88. The van der Waals surface area contributed by atoms with E-state index in [0.717, 1.165) is 24.0 Å². The number of pyridine rings is 1. The van der Waals surface area contributed by atoms with E-state index in [0.29, 0.717) is 20.9 Å². The number of halogens is 5. The number of aromatic nitrogens is 3. The molecule has 0 N–H and O–H groups in total. The van der Waals surface area contributed by atoms with Crippen LogP contribution in [0.5, 0.6) is 0 Å². The Morgan fingerprint density at radius 3 is 2.72 bits per heavy atom. The summed E-state index contributed by atoms with van der Waals surface area (Å²) in [6.07, 6.45) is -1.07. The van der Waals surface area contributed by atoms with Gasteiger partial charge in [0, 0.05) is 15.7 Å². The van der Waals surface area contributed by atoms with E-state index in [1.165, 1.54) is 10.9 Å². The van der Waals surface area contributed by atoms with Crippen molar-refractivity contribution in [2.45, 2.75) is 31.5 Å². The summed E-state index contributed by atoms with van der Waals surface area (Å²) in [7, 11) is 0. The van der Waals surface area contributed by atoms with Crippen molar-refractivity contribution in [2.24, 2.45) is 0 Å². The van der Waals surface area contributed by atoms with Gasteiger partial charge in [0.05, 0.1) is 12.1 Å². The van der Waals surface area contributed by atoms with Crippen LogP contribution in [0, 0.1) is 0 Å². The molecule has 1 fully saturated rings. The molecule has 0 amide bonds. The van der Waals surface area contributed by atoms with Gasteiger partial charge in [0.2, 0.25) is 0 Å². The average Bonchev–Trinajstić information content (AvgIpc) is 3.31. The molecule has 0 atom stereocenters. The van der Waals surface area contributed by atoms with Crippen LogP contribution in [0.4, 0.5) is 13.2 Å². The second-order valence-electron chi connectivity index (χ2n) is 6.11. The number of benzene rings is 1. The Hall–Kier alpha value is -1.60. The maximum atomic E-state index is 13.3. The van der Waals surface area contributed by atoms with Crippen LogP contribution in [-0.2, 0) is 12.7 Å². The van der Waals surface area contributed by atoms with Crippen LogP contribution in [0.1, 0.15) is 35.6 Å². The highest BCUT2D eigenvalue weighted by molar-refractivity contribution is 9.10. The Kier molecular flexibility index (Phi) is 4.03. The van der Waals surface area contributed by atoms with Crippen LogP contribution in [0.3, 0.4) is 0 Å². The molecular weight excluding hydrogens is 419 g/mol. The summed E-state index contributed by atoms with van der Waals surface area (Å²) in [5.41, 5.74) is 1.10. The van der Waals surface area contributed by atoms with Gasteiger partial charge in [-0.1, -0.05) is 23.7 Å². The molecule has 0 bridgehead atoms. The van der Waals surface area contributed by atoms with Crippen LogP contribution in [0.2, 0.25) is 5.02 Å². The first-order valence-electron chi connectivity index (χ1n) is 7.71. The summed E-state index contributed by atoms with van der Waals surface area (Å²) in [4.78, 5) is 3.92. The highest BCUT2D eigenvalue weighted by Crippen LogP contribution is 2.43. The van der Waals surface area contributed by atoms with Crippen molar-refractivity contribution in [2.75, 3.05) is 0 Å². The number of hydrogen-bond donors (Lipinski definition) is 0. The molecule has 1 saturated carbocycles. The van der Waals surface area contributed by atoms with Crippen molar-refractivity contribution in [3.8, 4) is 0 Å². The molecule has 25 heavy (non-hydrogen) atoms. The van der Waals surface area contributed by atoms with E-state index in [1.807, 2.05) is 12.1 Å². The maximum absolute atomic E-state index is 13.3. The largest absolute Gasteiger partial charge is 0.437 e. The molecule has 0 unspecified atom stereocenters. The van der Waals surface area contributed by atoms with Gasteiger partial charge in [0.1, 0.15) is 5.52 Å². The lowest BCUT2D eigenvalue weighted by Crippen LogP contribution is -2.10. The molecule has 1 aliphatic carbocycles. The third-order valence-electron chi connectivity index (χ3n) is 4.31. The Morgan fingerprint density at radius 2 is 2.04 bits per heavy atom. The third kappa shape index (κ3) is 3.15. The molecule has 0 saturated heterocycles. The topological polar surface area (TPSA) is 30.7 Å². The van der Waals surface area contributed by atoms with Crippen LogP contribution in [-0.4, -0.2) is 14.8 Å². The second kappa shape index (κ2) is 5.99. The molecule has 130 valence electrons. The molecule has 0 aliphatic heterocycles. The van der Waals surface area contributed by atoms with E-state index < -0.39 is 11.9 Å². The SMILES string of the molecule is FC(F)(F)c1nn(Cc2c(Cl)cccc2C2CC2)c2cc(Br)cnc12. The minimum absolute atomic E-state index is 0.157. The fourth-order valence-electron chi connectivity index (χ4n) is 3.01. The quantitative estimate of drug-likeness (QED) is 0.526. The average molecular weight is 431 g/mol. The van der Waals surface area contributed by atoms with Crippen molar-refractivity contribution in [1.29, 1.82) is 0 Å². The zero-order valence-corrected chi connectivity index (χ0v) is 15.2. The summed E-state index contributed by atoms with van der Waals surface area (Å²) < 4.78 is 41.9. The first-order chi connectivity index (χ1) is 11.8. The van der Waals surface area contributed by atoms with E-state index in [-0.39, 0.29) is 12.1 Å². The fraction of sp³-hybridized carbons (Fsp3) is 0.294. The molecule has 3 aromatic rings. The van der Waals surface area contributed by atoms with Gasteiger partial charge in [-0.3, -0.25) is 9.67 Å². The molecule has 3 nitrogen and oxygen atoms in total. The van der Waals surface area contributed by atoms with E-state index in [2.05, 4.69) is 26.0 Å². The molecule has 8 heteroatoms. The Bertz CT molecular complexity index is 964. The zero-order valence-electron chi connectivity index (χ0n) is 12.8. The zero-order chi connectivity index (χ0) is 17.8. The van der Waals surface area contributed by atoms with Gasteiger partial charge >= 0.3 is 6.18 Å². The number of alkyl halides is 3. The van der Waals surface area contributed by atoms with Crippen LogP contribution in [0.25, 0.3) is 11.0 Å². The molecule has 2 aromatic heterocycles. The van der Waals surface area contributed by atoms with Gasteiger partial charge in [-0.2, -0.15) is 18.3 Å². The number of nitrogens with zero attached hydrogens (tertiary/aromatic N) is 3. The van der Waals surface area contributed by atoms with Crippen molar-refractivity contribution >= 4 is 38.6 Å². The lowest BCUT2D eigenvalue weighted by molar-refractivity contribution is -0.140. The molecule has 1 aliphatic rings. The standard InChI is InChI=1S/C17H12BrClF3N3/c18-10-6-14-15(23-7-10)16(17(20,21)22)24-25(14)8-12-11(9-4-5-9)2-1-3-13(12)19/h1-3,6-7,9H,4-5,8H2. The predicted molar refractivity (Wildman–Crippen MR) is 92.8 cm³/mol. The fourth-order valence-corrected chi connectivity index (χ4v) is 3.57. The Morgan fingerprint density at radius 1 is 1.28 bits per heavy atom. The predicted octanol–water partition coefficient (Wildman–Crippen LogP) is 5.79. The monoisotopic (exact) mass is 429 g/mol. The summed E-state index contributed by atoms with van der Waals surface area (Å²) in [6, 6.07) is 7.22. The molecule has 1 aromatic carbocycles. The van der Waals surface area contributed by atoms with E-state index in [9.17, 15) is 13.2 Å². The lowest BCUT2D eigenvalue weighted by atomic mass is 10.0. The van der Waals surface area contributed by atoms with Gasteiger partial charge in [-0.05, 0) is 57.9 Å². The van der Waals surface area contributed by atoms with Gasteiger partial charge in [0.25, 0.3) is 0 Å². The third-order valence-corrected chi connectivity index (χ3v) is 5.09. The maximum Gasteiger partial charge on any atom is 0.437 e. The molecule has 2 heterocycles.